The average Bonchev–Trinajstić information content (AvgIpc) is 2.47. The highest BCUT2D eigenvalue weighted by atomic mass is 16.1. The van der Waals surface area contributed by atoms with Gasteiger partial charge in [-0.25, -0.2) is 0 Å². The Morgan fingerprint density at radius 3 is 3.00 bits per heavy atom. The minimum Gasteiger partial charge on any atom is -0.312 e. The van der Waals surface area contributed by atoms with Crippen molar-refractivity contribution < 1.29 is 4.79 Å². The molecule has 0 unspecified atom stereocenters. The highest BCUT2D eigenvalue weighted by Crippen LogP contribution is 2.20. The molecule has 0 spiro atoms. The Morgan fingerprint density at radius 2 is 2.16 bits per heavy atom. The van der Waals surface area contributed by atoms with Crippen LogP contribution < -0.4 is 5.32 Å². The second kappa shape index (κ2) is 5.33. The van der Waals surface area contributed by atoms with Crippen molar-refractivity contribution in [2.45, 2.75) is 19.4 Å². The van der Waals surface area contributed by atoms with Crippen molar-refractivity contribution in [1.29, 1.82) is 0 Å². The maximum Gasteiger partial charge on any atom is 0.169 e. The van der Waals surface area contributed by atoms with Gasteiger partial charge in [0.05, 0.1) is 6.42 Å². The predicted molar refractivity (Wildman–Crippen MR) is 74.1 cm³/mol. The third-order valence-corrected chi connectivity index (χ3v) is 3.51. The van der Waals surface area contributed by atoms with Crippen LogP contribution in [0.2, 0.25) is 0 Å². The monoisotopic (exact) mass is 252 g/mol. The average molecular weight is 252 g/mol. The van der Waals surface area contributed by atoms with Gasteiger partial charge in [-0.15, -0.1) is 0 Å². The van der Waals surface area contributed by atoms with Crippen LogP contribution in [-0.4, -0.2) is 17.3 Å². The number of Topliss-reactive ketones (excluding diaryl/α,β-unsaturated/α-hetero) is 1. The first-order chi connectivity index (χ1) is 9.34. The standard InChI is InChI=1S/C16H16N2O/c19-16(10-13-5-1-2-8-18-13)15-6-3-4-12-11-17-9-7-14(12)15/h1-6,8,17H,7,9-11H2. The lowest BCUT2D eigenvalue weighted by atomic mass is 9.92. The topological polar surface area (TPSA) is 42.0 Å². The third-order valence-electron chi connectivity index (χ3n) is 3.51. The summed E-state index contributed by atoms with van der Waals surface area (Å²) in [5.41, 5.74) is 4.16. The van der Waals surface area contributed by atoms with Gasteiger partial charge >= 0.3 is 0 Å². The van der Waals surface area contributed by atoms with Crippen molar-refractivity contribution in [1.82, 2.24) is 10.3 Å². The molecule has 3 heteroatoms. The van der Waals surface area contributed by atoms with Gasteiger partial charge in [0.2, 0.25) is 0 Å². The van der Waals surface area contributed by atoms with Crippen molar-refractivity contribution in [3.05, 3.63) is 65.0 Å². The van der Waals surface area contributed by atoms with E-state index in [9.17, 15) is 4.79 Å². The number of carbonyl (C=O) groups excluding carboxylic acids is 1. The number of nitrogens with one attached hydrogen (secondary N) is 1. The number of fused-ring (bicyclic) bond motifs is 1. The van der Waals surface area contributed by atoms with E-state index in [0.717, 1.165) is 30.8 Å². The highest BCUT2D eigenvalue weighted by molar-refractivity contribution is 5.99. The zero-order valence-corrected chi connectivity index (χ0v) is 10.7. The molecule has 0 aliphatic carbocycles. The number of aromatic nitrogens is 1. The van der Waals surface area contributed by atoms with Gasteiger partial charge in [-0.1, -0.05) is 24.3 Å². The van der Waals surface area contributed by atoms with E-state index in [4.69, 9.17) is 0 Å². The molecule has 1 N–H and O–H groups in total. The Hall–Kier alpha value is -2.00. The fraction of sp³-hybridized carbons (Fsp3) is 0.250. The molecule has 0 atom stereocenters. The number of rotatable bonds is 3. The largest absolute Gasteiger partial charge is 0.312 e. The van der Waals surface area contributed by atoms with Crippen LogP contribution >= 0.6 is 0 Å². The lowest BCUT2D eigenvalue weighted by molar-refractivity contribution is 0.0991. The summed E-state index contributed by atoms with van der Waals surface area (Å²) in [5, 5.41) is 3.33. The molecule has 2 heterocycles. The summed E-state index contributed by atoms with van der Waals surface area (Å²) < 4.78 is 0. The van der Waals surface area contributed by atoms with Crippen LogP contribution in [0.15, 0.2) is 42.6 Å². The molecule has 1 aromatic heterocycles. The quantitative estimate of drug-likeness (QED) is 0.851. The predicted octanol–water partition coefficient (Wildman–Crippen LogP) is 2.15. The maximum atomic E-state index is 12.4. The van der Waals surface area contributed by atoms with E-state index in [1.165, 1.54) is 11.1 Å². The molecule has 0 bridgehead atoms. The van der Waals surface area contributed by atoms with Crippen LogP contribution in [0, 0.1) is 0 Å². The van der Waals surface area contributed by atoms with Crippen LogP contribution in [0.3, 0.4) is 0 Å². The van der Waals surface area contributed by atoms with Crippen LogP contribution in [0.1, 0.15) is 27.2 Å². The smallest absolute Gasteiger partial charge is 0.169 e. The lowest BCUT2D eigenvalue weighted by Gasteiger charge is -2.19. The molecule has 0 saturated heterocycles. The van der Waals surface area contributed by atoms with Crippen LogP contribution in [-0.2, 0) is 19.4 Å². The van der Waals surface area contributed by atoms with Gasteiger partial charge < -0.3 is 5.32 Å². The van der Waals surface area contributed by atoms with Crippen molar-refractivity contribution in [2.24, 2.45) is 0 Å². The van der Waals surface area contributed by atoms with Gasteiger partial charge in [0.15, 0.2) is 5.78 Å². The number of ketones is 1. The summed E-state index contributed by atoms with van der Waals surface area (Å²) in [6.45, 7) is 1.81. The zero-order valence-electron chi connectivity index (χ0n) is 10.7. The molecular formula is C16H16N2O. The molecule has 1 aliphatic rings. The first-order valence-electron chi connectivity index (χ1n) is 6.59. The van der Waals surface area contributed by atoms with E-state index in [1.54, 1.807) is 6.20 Å². The molecule has 0 fully saturated rings. The summed E-state index contributed by atoms with van der Waals surface area (Å²) in [6.07, 6.45) is 3.04. The van der Waals surface area contributed by atoms with Crippen molar-refractivity contribution >= 4 is 5.78 Å². The molecule has 1 aliphatic heterocycles. The fourth-order valence-corrected chi connectivity index (χ4v) is 2.56. The molecule has 0 amide bonds. The summed E-state index contributed by atoms with van der Waals surface area (Å²) in [4.78, 5) is 16.6. The van der Waals surface area contributed by atoms with Gasteiger partial charge in [0.25, 0.3) is 0 Å². The minimum atomic E-state index is 0.164. The number of hydrogen-bond acceptors (Lipinski definition) is 3. The first-order valence-corrected chi connectivity index (χ1v) is 6.59. The summed E-state index contributed by atoms with van der Waals surface area (Å²) >= 11 is 0. The molecule has 19 heavy (non-hydrogen) atoms. The van der Waals surface area contributed by atoms with Gasteiger partial charge in [-0.3, -0.25) is 9.78 Å². The fourth-order valence-electron chi connectivity index (χ4n) is 2.56. The summed E-state index contributed by atoms with van der Waals surface area (Å²) in [7, 11) is 0. The van der Waals surface area contributed by atoms with E-state index in [2.05, 4.69) is 16.4 Å². The van der Waals surface area contributed by atoms with Crippen molar-refractivity contribution in [2.75, 3.05) is 6.54 Å². The van der Waals surface area contributed by atoms with Gasteiger partial charge in [-0.05, 0) is 36.2 Å². The maximum absolute atomic E-state index is 12.4. The van der Waals surface area contributed by atoms with Gasteiger partial charge in [0, 0.05) is 24.0 Å². The number of pyridine rings is 1. The van der Waals surface area contributed by atoms with Crippen molar-refractivity contribution in [3.8, 4) is 0 Å². The molecule has 0 radical (unpaired) electrons. The first kappa shape index (κ1) is 12.1. The van der Waals surface area contributed by atoms with E-state index in [1.807, 2.05) is 30.3 Å². The van der Waals surface area contributed by atoms with E-state index >= 15 is 0 Å². The molecule has 2 aromatic rings. The summed E-state index contributed by atoms with van der Waals surface area (Å²) in [6, 6.07) is 11.7. The summed E-state index contributed by atoms with van der Waals surface area (Å²) in [5.74, 6) is 0.164. The SMILES string of the molecule is O=C(Cc1ccccn1)c1cccc2c1CCNC2. The van der Waals surface area contributed by atoms with E-state index < -0.39 is 0 Å². The van der Waals surface area contributed by atoms with Gasteiger partial charge in [0.1, 0.15) is 0 Å². The molecule has 96 valence electrons. The van der Waals surface area contributed by atoms with Crippen LogP contribution in [0.4, 0.5) is 0 Å². The molecule has 3 rings (SSSR count). The highest BCUT2D eigenvalue weighted by Gasteiger charge is 2.17. The van der Waals surface area contributed by atoms with Gasteiger partial charge in [-0.2, -0.15) is 0 Å². The minimum absolute atomic E-state index is 0.164. The van der Waals surface area contributed by atoms with Crippen LogP contribution in [0.5, 0.6) is 0 Å². The second-order valence-corrected chi connectivity index (χ2v) is 4.79. The number of benzene rings is 1. The number of nitrogens with zero attached hydrogens (tertiary/aromatic N) is 1. The van der Waals surface area contributed by atoms with E-state index in [-0.39, 0.29) is 5.78 Å². The lowest BCUT2D eigenvalue weighted by Crippen LogP contribution is -2.25. The van der Waals surface area contributed by atoms with Crippen LogP contribution in [0.25, 0.3) is 0 Å². The Kier molecular flexibility index (Phi) is 3.38. The number of carbonyl (C=O) groups is 1. The molecular weight excluding hydrogens is 236 g/mol. The zero-order chi connectivity index (χ0) is 13.1. The Morgan fingerprint density at radius 1 is 1.21 bits per heavy atom. The molecule has 1 aromatic carbocycles. The number of hydrogen-bond donors (Lipinski definition) is 1. The third kappa shape index (κ3) is 2.56. The Labute approximate surface area is 112 Å². The normalized spacial score (nSPS) is 13.9. The Balaban J connectivity index is 1.88. The molecule has 0 saturated carbocycles. The Bertz CT molecular complexity index is 593. The van der Waals surface area contributed by atoms with E-state index in [0.29, 0.717) is 6.42 Å². The van der Waals surface area contributed by atoms with Crippen molar-refractivity contribution in [3.63, 3.8) is 0 Å². The second-order valence-electron chi connectivity index (χ2n) is 4.79. The molecule has 3 nitrogen and oxygen atoms in total.